The van der Waals surface area contributed by atoms with Gasteiger partial charge in [-0.1, -0.05) is 6.07 Å². The monoisotopic (exact) mass is 282 g/mol. The second-order valence-corrected chi connectivity index (χ2v) is 5.43. The molecule has 2 nitrogen and oxygen atoms in total. The number of hydrogen-bond donors (Lipinski definition) is 0. The highest BCUT2D eigenvalue weighted by molar-refractivity contribution is 7.98. The Morgan fingerprint density at radius 1 is 1.15 bits per heavy atom. The lowest BCUT2D eigenvalue weighted by atomic mass is 10.2. The highest BCUT2D eigenvalue weighted by atomic mass is 32.2. The number of aromatic nitrogens is 1. The molecule has 2 heterocycles. The Labute approximate surface area is 120 Å². The molecule has 0 radical (unpaired) electrons. The van der Waals surface area contributed by atoms with Crippen molar-refractivity contribution in [1.82, 2.24) is 4.40 Å². The number of rotatable bonds is 3. The second-order valence-electron chi connectivity index (χ2n) is 4.38. The Hall–Kier alpha value is -2.25. The van der Waals surface area contributed by atoms with Crippen molar-refractivity contribution in [2.45, 2.75) is 10.6 Å². The van der Waals surface area contributed by atoms with Gasteiger partial charge in [-0.05, 0) is 42.0 Å². The minimum atomic E-state index is -0.235. The zero-order chi connectivity index (χ0) is 13.9. The SMILES string of the molecule is N#Cc1c(CSc2ccc(F)cc2)cn2ccccc12. The summed E-state index contributed by atoms with van der Waals surface area (Å²) in [5, 5.41) is 9.32. The zero-order valence-electron chi connectivity index (χ0n) is 10.6. The highest BCUT2D eigenvalue weighted by Crippen LogP contribution is 2.27. The van der Waals surface area contributed by atoms with Crippen molar-refractivity contribution in [1.29, 1.82) is 5.26 Å². The third-order valence-corrected chi connectivity index (χ3v) is 4.14. The van der Waals surface area contributed by atoms with Crippen LogP contribution in [0.15, 0.2) is 59.8 Å². The van der Waals surface area contributed by atoms with E-state index in [4.69, 9.17) is 0 Å². The summed E-state index contributed by atoms with van der Waals surface area (Å²) < 4.78 is 14.8. The fourth-order valence-corrected chi connectivity index (χ4v) is 2.98. The topological polar surface area (TPSA) is 28.2 Å². The van der Waals surface area contributed by atoms with Gasteiger partial charge in [0, 0.05) is 23.0 Å². The number of nitrogens with zero attached hydrogens (tertiary/aromatic N) is 2. The highest BCUT2D eigenvalue weighted by Gasteiger charge is 2.10. The molecule has 4 heteroatoms. The van der Waals surface area contributed by atoms with E-state index in [-0.39, 0.29) is 5.82 Å². The summed E-state index contributed by atoms with van der Waals surface area (Å²) in [7, 11) is 0. The Balaban J connectivity index is 1.87. The molecular weight excluding hydrogens is 271 g/mol. The van der Waals surface area contributed by atoms with Crippen molar-refractivity contribution in [3.8, 4) is 6.07 Å². The molecule has 20 heavy (non-hydrogen) atoms. The number of pyridine rings is 1. The Morgan fingerprint density at radius 2 is 1.95 bits per heavy atom. The minimum absolute atomic E-state index is 0.235. The Kier molecular flexibility index (Phi) is 3.44. The number of nitriles is 1. The Morgan fingerprint density at radius 3 is 2.70 bits per heavy atom. The minimum Gasteiger partial charge on any atom is -0.322 e. The van der Waals surface area contributed by atoms with E-state index in [1.807, 2.05) is 35.0 Å². The van der Waals surface area contributed by atoms with E-state index >= 15 is 0 Å². The van der Waals surface area contributed by atoms with Crippen LogP contribution in [0.5, 0.6) is 0 Å². The maximum absolute atomic E-state index is 12.9. The molecule has 0 aliphatic carbocycles. The summed E-state index contributed by atoms with van der Waals surface area (Å²) in [6.45, 7) is 0. The van der Waals surface area contributed by atoms with Crippen molar-refractivity contribution < 1.29 is 4.39 Å². The van der Waals surface area contributed by atoms with Crippen LogP contribution in [0.4, 0.5) is 4.39 Å². The standard InChI is InChI=1S/C16H11FN2S/c17-13-4-6-14(7-5-13)20-11-12-10-19-8-2-1-3-16(19)15(12)9-18/h1-8,10H,11H2. The van der Waals surface area contributed by atoms with Gasteiger partial charge in [0.15, 0.2) is 0 Å². The van der Waals surface area contributed by atoms with Crippen LogP contribution in [-0.2, 0) is 5.75 Å². The van der Waals surface area contributed by atoms with E-state index in [1.54, 1.807) is 23.9 Å². The van der Waals surface area contributed by atoms with E-state index in [2.05, 4.69) is 6.07 Å². The molecule has 3 rings (SSSR count). The lowest BCUT2D eigenvalue weighted by molar-refractivity contribution is 0.626. The molecular formula is C16H11FN2S. The predicted molar refractivity (Wildman–Crippen MR) is 78.1 cm³/mol. The second kappa shape index (κ2) is 5.40. The molecule has 0 bridgehead atoms. The molecule has 0 saturated carbocycles. The van der Waals surface area contributed by atoms with Gasteiger partial charge in [0.25, 0.3) is 0 Å². The summed E-state index contributed by atoms with van der Waals surface area (Å²) in [6, 6.07) is 14.5. The van der Waals surface area contributed by atoms with Gasteiger partial charge in [0.1, 0.15) is 11.9 Å². The van der Waals surface area contributed by atoms with Crippen LogP contribution < -0.4 is 0 Å². The third kappa shape index (κ3) is 2.40. The van der Waals surface area contributed by atoms with Crippen LogP contribution in [0.3, 0.4) is 0 Å². The molecule has 98 valence electrons. The van der Waals surface area contributed by atoms with Crippen molar-refractivity contribution in [3.63, 3.8) is 0 Å². The molecule has 1 aromatic carbocycles. The first-order chi connectivity index (χ1) is 9.78. The normalized spacial score (nSPS) is 10.6. The van der Waals surface area contributed by atoms with Crippen molar-refractivity contribution in [3.05, 3.63) is 71.8 Å². The first-order valence-electron chi connectivity index (χ1n) is 6.15. The maximum Gasteiger partial charge on any atom is 0.123 e. The van der Waals surface area contributed by atoms with Crippen LogP contribution in [0.25, 0.3) is 5.52 Å². The molecule has 0 amide bonds. The summed E-state index contributed by atoms with van der Waals surface area (Å²) in [4.78, 5) is 0.991. The van der Waals surface area contributed by atoms with E-state index in [0.717, 1.165) is 16.0 Å². The molecule has 0 N–H and O–H groups in total. The molecule has 0 spiro atoms. The first-order valence-corrected chi connectivity index (χ1v) is 7.13. The van der Waals surface area contributed by atoms with Crippen molar-refractivity contribution >= 4 is 17.3 Å². The summed E-state index contributed by atoms with van der Waals surface area (Å²) >= 11 is 1.60. The number of halogens is 1. The molecule has 0 fully saturated rings. The predicted octanol–water partition coefficient (Wildman–Crippen LogP) is 4.24. The van der Waals surface area contributed by atoms with Gasteiger partial charge >= 0.3 is 0 Å². The lowest BCUT2D eigenvalue weighted by Gasteiger charge is -2.00. The largest absolute Gasteiger partial charge is 0.322 e. The van der Waals surface area contributed by atoms with Crippen LogP contribution in [0, 0.1) is 17.1 Å². The summed E-state index contributed by atoms with van der Waals surface area (Å²) in [5.41, 5.74) is 2.62. The number of thioether (sulfide) groups is 1. The molecule has 3 aromatic rings. The molecule has 0 saturated heterocycles. The smallest absolute Gasteiger partial charge is 0.123 e. The van der Waals surface area contributed by atoms with E-state index in [9.17, 15) is 9.65 Å². The van der Waals surface area contributed by atoms with Gasteiger partial charge in [-0.3, -0.25) is 0 Å². The van der Waals surface area contributed by atoms with E-state index in [1.165, 1.54) is 12.1 Å². The number of fused-ring (bicyclic) bond motifs is 1. The zero-order valence-corrected chi connectivity index (χ0v) is 11.4. The van der Waals surface area contributed by atoms with Gasteiger partial charge in [-0.2, -0.15) is 5.26 Å². The third-order valence-electron chi connectivity index (χ3n) is 3.08. The molecule has 0 unspecified atom stereocenters. The average Bonchev–Trinajstić information content (AvgIpc) is 2.84. The van der Waals surface area contributed by atoms with Crippen LogP contribution in [0.2, 0.25) is 0 Å². The number of benzene rings is 1. The average molecular weight is 282 g/mol. The van der Waals surface area contributed by atoms with Gasteiger partial charge in [0.2, 0.25) is 0 Å². The molecule has 2 aromatic heterocycles. The van der Waals surface area contributed by atoms with Gasteiger partial charge in [0.05, 0.1) is 11.1 Å². The summed E-state index contributed by atoms with van der Waals surface area (Å²) in [6.07, 6.45) is 3.91. The van der Waals surface area contributed by atoms with Crippen molar-refractivity contribution in [2.75, 3.05) is 0 Å². The lowest BCUT2D eigenvalue weighted by Crippen LogP contribution is -1.82. The summed E-state index contributed by atoms with van der Waals surface area (Å²) in [5.74, 6) is 0.456. The van der Waals surface area contributed by atoms with E-state index in [0.29, 0.717) is 11.3 Å². The molecule has 0 aliphatic heterocycles. The van der Waals surface area contributed by atoms with Crippen LogP contribution in [0.1, 0.15) is 11.1 Å². The molecule has 0 atom stereocenters. The van der Waals surface area contributed by atoms with Gasteiger partial charge in [-0.25, -0.2) is 4.39 Å². The molecule has 0 aliphatic rings. The van der Waals surface area contributed by atoms with Crippen LogP contribution in [-0.4, -0.2) is 4.40 Å². The van der Waals surface area contributed by atoms with Gasteiger partial charge < -0.3 is 4.40 Å². The quantitative estimate of drug-likeness (QED) is 0.672. The Bertz CT molecular complexity index is 784. The van der Waals surface area contributed by atoms with E-state index < -0.39 is 0 Å². The fraction of sp³-hybridized carbons (Fsp3) is 0.0625. The van der Waals surface area contributed by atoms with Crippen molar-refractivity contribution in [2.24, 2.45) is 0 Å². The first kappa shape index (κ1) is 12.8. The fourth-order valence-electron chi connectivity index (χ4n) is 2.11. The number of hydrogen-bond acceptors (Lipinski definition) is 2. The van der Waals surface area contributed by atoms with Crippen LogP contribution >= 0.6 is 11.8 Å². The van der Waals surface area contributed by atoms with Gasteiger partial charge in [-0.15, -0.1) is 11.8 Å². The maximum atomic E-state index is 12.9.